The van der Waals surface area contributed by atoms with Gasteiger partial charge in [0.05, 0.1) is 22.3 Å². The van der Waals surface area contributed by atoms with Crippen LogP contribution in [0.1, 0.15) is 5.56 Å². The molecule has 0 saturated heterocycles. The third kappa shape index (κ3) is 3.59. The van der Waals surface area contributed by atoms with Crippen molar-refractivity contribution in [2.24, 2.45) is 0 Å². The van der Waals surface area contributed by atoms with Gasteiger partial charge >= 0.3 is 6.18 Å². The zero-order valence-electron chi connectivity index (χ0n) is 23.1. The van der Waals surface area contributed by atoms with E-state index in [4.69, 9.17) is 9.47 Å². The Morgan fingerprint density at radius 2 is 1.14 bits per heavy atom. The minimum atomic E-state index is -4.48. The maximum atomic E-state index is 14.0. The summed E-state index contributed by atoms with van der Waals surface area (Å²) >= 11 is 0. The summed E-state index contributed by atoms with van der Waals surface area (Å²) in [4.78, 5) is 0. The fourth-order valence-corrected chi connectivity index (χ4v) is 6.91. The molecule has 3 heterocycles. The van der Waals surface area contributed by atoms with Crippen molar-refractivity contribution in [2.75, 3.05) is 0 Å². The number of nitrogens with zero attached hydrogens (tertiary/aromatic N) is 1. The molecule has 2 aliphatic heterocycles. The molecule has 0 spiro atoms. The molecule has 0 saturated carbocycles. The summed E-state index contributed by atoms with van der Waals surface area (Å²) in [5.41, 5.74) is 5.63. The molecule has 2 aliphatic rings. The van der Waals surface area contributed by atoms with Gasteiger partial charge in [-0.3, -0.25) is 0 Å². The van der Waals surface area contributed by atoms with Crippen LogP contribution in [0.3, 0.4) is 0 Å². The van der Waals surface area contributed by atoms with Crippen LogP contribution in [0.15, 0.2) is 127 Å². The van der Waals surface area contributed by atoms with Crippen molar-refractivity contribution in [2.45, 2.75) is 6.18 Å². The molecule has 0 amide bonds. The molecule has 3 nitrogen and oxygen atoms in total. The Kier molecular flexibility index (Phi) is 5.16. The maximum absolute atomic E-state index is 14.0. The smallest absolute Gasteiger partial charge is 0.417 e. The van der Waals surface area contributed by atoms with Crippen molar-refractivity contribution >= 4 is 44.9 Å². The molecule has 9 rings (SSSR count). The Bertz CT molecular complexity index is 2250. The predicted molar refractivity (Wildman–Crippen MR) is 169 cm³/mol. The molecule has 44 heavy (non-hydrogen) atoms. The lowest BCUT2D eigenvalue weighted by molar-refractivity contribution is -0.137. The Hall–Kier alpha value is -5.43. The average Bonchev–Trinajstić information content (AvgIpc) is 3.38. The second kappa shape index (κ2) is 9.04. The molecular weight excluding hydrogens is 558 g/mol. The lowest BCUT2D eigenvalue weighted by Crippen LogP contribution is -2.57. The first kappa shape index (κ1) is 25.1. The van der Waals surface area contributed by atoms with Crippen LogP contribution < -0.4 is 25.9 Å². The Morgan fingerprint density at radius 1 is 0.545 bits per heavy atom. The van der Waals surface area contributed by atoms with Crippen molar-refractivity contribution in [1.29, 1.82) is 0 Å². The summed E-state index contributed by atoms with van der Waals surface area (Å²) in [6.07, 6.45) is -4.48. The first-order chi connectivity index (χ1) is 21.5. The quantitative estimate of drug-likeness (QED) is 0.193. The van der Waals surface area contributed by atoms with Gasteiger partial charge in [-0.2, -0.15) is 13.2 Å². The van der Waals surface area contributed by atoms with Crippen LogP contribution in [0.25, 0.3) is 38.6 Å². The zero-order valence-corrected chi connectivity index (χ0v) is 23.1. The Morgan fingerprint density at radius 3 is 1.86 bits per heavy atom. The molecule has 0 aliphatic carbocycles. The molecule has 210 valence electrons. The summed E-state index contributed by atoms with van der Waals surface area (Å²) < 4.78 is 57.2. The van der Waals surface area contributed by atoms with Crippen LogP contribution >= 0.6 is 0 Å². The molecule has 0 atom stereocenters. The van der Waals surface area contributed by atoms with E-state index in [9.17, 15) is 13.2 Å². The highest BCUT2D eigenvalue weighted by atomic mass is 19.4. The molecular formula is C37H21BF3NO2. The van der Waals surface area contributed by atoms with E-state index in [0.29, 0.717) is 22.8 Å². The van der Waals surface area contributed by atoms with Gasteiger partial charge < -0.3 is 14.0 Å². The van der Waals surface area contributed by atoms with Gasteiger partial charge in [-0.15, -0.1) is 0 Å². The first-order valence-corrected chi connectivity index (χ1v) is 14.4. The molecule has 7 heteroatoms. The van der Waals surface area contributed by atoms with Crippen molar-refractivity contribution in [3.63, 3.8) is 0 Å². The molecule has 6 aromatic carbocycles. The number of fused-ring (bicyclic) bond motifs is 7. The predicted octanol–water partition coefficient (Wildman–Crippen LogP) is 8.20. The van der Waals surface area contributed by atoms with Crippen molar-refractivity contribution < 1.29 is 22.6 Å². The minimum absolute atomic E-state index is 0.115. The van der Waals surface area contributed by atoms with E-state index in [1.54, 1.807) is 18.2 Å². The topological polar surface area (TPSA) is 23.4 Å². The number of benzene rings is 6. The van der Waals surface area contributed by atoms with E-state index >= 15 is 0 Å². The zero-order chi connectivity index (χ0) is 29.6. The van der Waals surface area contributed by atoms with E-state index in [2.05, 4.69) is 34.9 Å². The summed E-state index contributed by atoms with van der Waals surface area (Å²) in [6, 6.07) is 39.6. The van der Waals surface area contributed by atoms with Crippen molar-refractivity contribution in [3.8, 4) is 39.8 Å². The monoisotopic (exact) mass is 579 g/mol. The Labute approximate surface area is 250 Å². The maximum Gasteiger partial charge on any atom is 0.417 e. The Balaban J connectivity index is 1.28. The number of para-hydroxylation sites is 3. The van der Waals surface area contributed by atoms with E-state index < -0.39 is 11.7 Å². The summed E-state index contributed by atoms with van der Waals surface area (Å²) in [5.74, 6) is 2.58. The van der Waals surface area contributed by atoms with Crippen molar-refractivity contribution in [3.05, 3.63) is 133 Å². The van der Waals surface area contributed by atoms with Crippen LogP contribution in [0.4, 0.5) is 13.2 Å². The molecule has 1 aromatic heterocycles. The molecule has 7 aromatic rings. The highest BCUT2D eigenvalue weighted by Gasteiger charge is 2.41. The summed E-state index contributed by atoms with van der Waals surface area (Å²) in [5, 5.41) is 2.27. The standard InChI is InChI=1S/C37H21BF3NO2/c39-37(40,41)27-12-4-1-9-24(27)22-17-18-29-33(19-22)44-35-21-23(20-34-36(35)38(29)28-13-5-8-16-32(28)43-34)42-30-14-6-2-10-25(30)26-11-3-7-15-31(26)42/h1-21H. The molecule has 0 radical (unpaired) electrons. The van der Waals surface area contributed by atoms with Gasteiger partial charge in [-0.25, -0.2) is 0 Å². The normalized spacial score (nSPS) is 13.2. The number of rotatable bonds is 2. The lowest BCUT2D eigenvalue weighted by atomic mass is 9.35. The SMILES string of the molecule is FC(F)(F)c1ccccc1-c1ccc2c(c1)Oc1cc(-n3c4ccccc4c4ccccc43)cc3c1B2c1ccccc1O3. The average molecular weight is 579 g/mol. The highest BCUT2D eigenvalue weighted by molar-refractivity contribution is 6.98. The third-order valence-electron chi connectivity index (χ3n) is 8.75. The summed E-state index contributed by atoms with van der Waals surface area (Å²) in [7, 11) is 0. The second-order valence-electron chi connectivity index (χ2n) is 11.2. The fourth-order valence-electron chi connectivity index (χ4n) is 6.91. The number of ether oxygens (including phenoxy) is 2. The first-order valence-electron chi connectivity index (χ1n) is 14.4. The second-order valence-corrected chi connectivity index (χ2v) is 11.2. The van der Waals surface area contributed by atoms with Crippen LogP contribution in [-0.4, -0.2) is 11.3 Å². The van der Waals surface area contributed by atoms with Crippen LogP contribution in [0.5, 0.6) is 23.0 Å². The number of alkyl halides is 3. The van der Waals surface area contributed by atoms with Crippen molar-refractivity contribution in [1.82, 2.24) is 4.57 Å². The number of aromatic nitrogens is 1. The van der Waals surface area contributed by atoms with Crippen LogP contribution in [-0.2, 0) is 6.18 Å². The van der Waals surface area contributed by atoms with Gasteiger partial charge in [0.15, 0.2) is 0 Å². The van der Waals surface area contributed by atoms with Crippen LogP contribution in [0.2, 0.25) is 0 Å². The largest absolute Gasteiger partial charge is 0.458 e. The van der Waals surface area contributed by atoms with Gasteiger partial charge in [-0.1, -0.05) is 84.9 Å². The van der Waals surface area contributed by atoms with E-state index in [0.717, 1.165) is 55.7 Å². The van der Waals surface area contributed by atoms with Gasteiger partial charge in [-0.05, 0) is 52.4 Å². The van der Waals surface area contributed by atoms with E-state index in [-0.39, 0.29) is 12.3 Å². The summed E-state index contributed by atoms with van der Waals surface area (Å²) in [6.45, 7) is -0.201. The fraction of sp³-hybridized carbons (Fsp3) is 0.0270. The molecule has 0 fully saturated rings. The minimum Gasteiger partial charge on any atom is -0.458 e. The van der Waals surface area contributed by atoms with Gasteiger partial charge in [0.2, 0.25) is 0 Å². The van der Waals surface area contributed by atoms with E-state index in [1.165, 1.54) is 12.1 Å². The van der Waals surface area contributed by atoms with E-state index in [1.807, 2.05) is 60.7 Å². The van der Waals surface area contributed by atoms with Gasteiger partial charge in [0, 0.05) is 28.4 Å². The molecule has 0 N–H and O–H groups in total. The van der Waals surface area contributed by atoms with Crippen LogP contribution in [0, 0.1) is 0 Å². The molecule has 0 bridgehead atoms. The number of hydrogen-bond acceptors (Lipinski definition) is 2. The number of hydrogen-bond donors (Lipinski definition) is 0. The highest BCUT2D eigenvalue weighted by Crippen LogP contribution is 2.42. The lowest BCUT2D eigenvalue weighted by Gasteiger charge is -2.33. The third-order valence-corrected chi connectivity index (χ3v) is 8.75. The number of halogens is 3. The molecule has 0 unspecified atom stereocenters. The van der Waals surface area contributed by atoms with Gasteiger partial charge in [0.25, 0.3) is 6.71 Å². The van der Waals surface area contributed by atoms with Gasteiger partial charge in [0.1, 0.15) is 23.0 Å².